The molecule has 0 bridgehead atoms. The smallest absolute Gasteiger partial charge is 0.248 e. The number of carbonyl (C=O) groups excluding carboxylic acids is 2. The Hall–Kier alpha value is -2.88. The molecule has 2 rings (SSSR count). The first kappa shape index (κ1) is 18.5. The zero-order chi connectivity index (χ0) is 18.4. The SMILES string of the molecule is CC(=O)Nc1cccc(NC(=O)C=Cc2ccc(C(C)(C)C)cc2)c1. The van der Waals surface area contributed by atoms with Crippen LogP contribution in [0.5, 0.6) is 0 Å². The Labute approximate surface area is 149 Å². The van der Waals surface area contributed by atoms with Crippen molar-refractivity contribution in [3.8, 4) is 0 Å². The van der Waals surface area contributed by atoms with E-state index in [1.54, 1.807) is 30.3 Å². The summed E-state index contributed by atoms with van der Waals surface area (Å²) in [6.07, 6.45) is 3.27. The van der Waals surface area contributed by atoms with Gasteiger partial charge < -0.3 is 10.6 Å². The van der Waals surface area contributed by atoms with Crippen LogP contribution in [0.25, 0.3) is 6.08 Å². The lowest BCUT2D eigenvalue weighted by molar-refractivity contribution is -0.114. The topological polar surface area (TPSA) is 58.2 Å². The molecule has 0 atom stereocenters. The number of benzene rings is 2. The van der Waals surface area contributed by atoms with Gasteiger partial charge in [0.2, 0.25) is 11.8 Å². The van der Waals surface area contributed by atoms with Crippen molar-refractivity contribution in [1.82, 2.24) is 0 Å². The second-order valence-corrected chi connectivity index (χ2v) is 6.96. The lowest BCUT2D eigenvalue weighted by Crippen LogP contribution is -2.10. The summed E-state index contributed by atoms with van der Waals surface area (Å²) < 4.78 is 0. The molecule has 0 saturated heterocycles. The predicted octanol–water partition coefficient (Wildman–Crippen LogP) is 4.59. The summed E-state index contributed by atoms with van der Waals surface area (Å²) in [5.74, 6) is -0.373. The number of rotatable bonds is 4. The fraction of sp³-hybridized carbons (Fsp3) is 0.238. The molecule has 0 saturated carbocycles. The molecule has 4 nitrogen and oxygen atoms in total. The van der Waals surface area contributed by atoms with Crippen molar-refractivity contribution < 1.29 is 9.59 Å². The molecule has 0 unspecified atom stereocenters. The summed E-state index contributed by atoms with van der Waals surface area (Å²) >= 11 is 0. The molecule has 0 aliphatic heterocycles. The summed E-state index contributed by atoms with van der Waals surface area (Å²) in [6, 6.07) is 15.2. The van der Waals surface area contributed by atoms with Gasteiger partial charge in [-0.05, 0) is 40.8 Å². The molecule has 0 fully saturated rings. The van der Waals surface area contributed by atoms with Gasteiger partial charge >= 0.3 is 0 Å². The second kappa shape index (κ2) is 7.79. The minimum Gasteiger partial charge on any atom is -0.326 e. The molecule has 0 spiro atoms. The maximum absolute atomic E-state index is 12.1. The quantitative estimate of drug-likeness (QED) is 0.802. The van der Waals surface area contributed by atoms with Gasteiger partial charge in [0.25, 0.3) is 0 Å². The molecular weight excluding hydrogens is 312 g/mol. The summed E-state index contributed by atoms with van der Waals surface area (Å²) in [6.45, 7) is 7.94. The van der Waals surface area contributed by atoms with Gasteiger partial charge in [-0.25, -0.2) is 0 Å². The molecule has 2 N–H and O–H groups in total. The summed E-state index contributed by atoms with van der Waals surface area (Å²) in [7, 11) is 0. The second-order valence-electron chi connectivity index (χ2n) is 6.96. The number of hydrogen-bond acceptors (Lipinski definition) is 2. The average Bonchev–Trinajstić information content (AvgIpc) is 2.52. The van der Waals surface area contributed by atoms with Crippen molar-refractivity contribution in [3.05, 3.63) is 65.7 Å². The van der Waals surface area contributed by atoms with Crippen LogP contribution in [0.3, 0.4) is 0 Å². The number of amides is 2. The maximum atomic E-state index is 12.1. The van der Waals surface area contributed by atoms with E-state index in [9.17, 15) is 9.59 Å². The van der Waals surface area contributed by atoms with E-state index in [4.69, 9.17) is 0 Å². The third-order valence-electron chi connectivity index (χ3n) is 3.65. The molecule has 0 heterocycles. The summed E-state index contributed by atoms with van der Waals surface area (Å²) in [4.78, 5) is 23.1. The number of hydrogen-bond donors (Lipinski definition) is 2. The monoisotopic (exact) mass is 336 g/mol. The van der Waals surface area contributed by atoms with Crippen molar-refractivity contribution >= 4 is 29.3 Å². The molecule has 25 heavy (non-hydrogen) atoms. The van der Waals surface area contributed by atoms with Crippen LogP contribution in [0.2, 0.25) is 0 Å². The average molecular weight is 336 g/mol. The Kier molecular flexibility index (Phi) is 5.75. The molecule has 2 aromatic carbocycles. The number of nitrogens with one attached hydrogen (secondary N) is 2. The normalized spacial score (nSPS) is 11.4. The fourth-order valence-corrected chi connectivity index (χ4v) is 2.33. The van der Waals surface area contributed by atoms with Gasteiger partial charge in [0, 0.05) is 24.4 Å². The van der Waals surface area contributed by atoms with E-state index in [1.807, 2.05) is 12.1 Å². The number of anilines is 2. The van der Waals surface area contributed by atoms with E-state index < -0.39 is 0 Å². The zero-order valence-corrected chi connectivity index (χ0v) is 15.1. The largest absolute Gasteiger partial charge is 0.326 e. The first-order valence-corrected chi connectivity index (χ1v) is 8.21. The van der Waals surface area contributed by atoms with Crippen molar-refractivity contribution in [3.63, 3.8) is 0 Å². The summed E-state index contributed by atoms with van der Waals surface area (Å²) in [5.41, 5.74) is 3.61. The van der Waals surface area contributed by atoms with Crippen LogP contribution in [0.15, 0.2) is 54.6 Å². The highest BCUT2D eigenvalue weighted by atomic mass is 16.2. The van der Waals surface area contributed by atoms with E-state index in [0.717, 1.165) is 5.56 Å². The Bertz CT molecular complexity index is 784. The van der Waals surface area contributed by atoms with E-state index in [-0.39, 0.29) is 17.2 Å². The number of carbonyl (C=O) groups is 2. The Morgan fingerprint density at radius 3 is 2.08 bits per heavy atom. The van der Waals surface area contributed by atoms with E-state index in [1.165, 1.54) is 18.6 Å². The Morgan fingerprint density at radius 2 is 1.52 bits per heavy atom. The van der Waals surface area contributed by atoms with Gasteiger partial charge in [-0.15, -0.1) is 0 Å². The molecule has 4 heteroatoms. The summed E-state index contributed by atoms with van der Waals surface area (Å²) in [5, 5.41) is 5.47. The van der Waals surface area contributed by atoms with Crippen LogP contribution in [0.1, 0.15) is 38.8 Å². The molecule has 2 amide bonds. The van der Waals surface area contributed by atoms with Gasteiger partial charge in [0.1, 0.15) is 0 Å². The van der Waals surface area contributed by atoms with Crippen LogP contribution in [-0.4, -0.2) is 11.8 Å². The molecular formula is C21H24N2O2. The molecule has 0 aliphatic rings. The van der Waals surface area contributed by atoms with E-state index >= 15 is 0 Å². The van der Waals surface area contributed by atoms with E-state index in [2.05, 4.69) is 43.5 Å². The highest BCUT2D eigenvalue weighted by Crippen LogP contribution is 2.22. The molecule has 0 aliphatic carbocycles. The first-order chi connectivity index (χ1) is 11.7. The zero-order valence-electron chi connectivity index (χ0n) is 15.1. The van der Waals surface area contributed by atoms with Crippen LogP contribution in [0, 0.1) is 0 Å². The molecule has 2 aromatic rings. The third-order valence-corrected chi connectivity index (χ3v) is 3.65. The van der Waals surface area contributed by atoms with Gasteiger partial charge in [0.05, 0.1) is 0 Å². The minimum atomic E-state index is -0.222. The van der Waals surface area contributed by atoms with Crippen molar-refractivity contribution in [2.24, 2.45) is 0 Å². The van der Waals surface area contributed by atoms with Gasteiger partial charge in [-0.1, -0.05) is 51.1 Å². The van der Waals surface area contributed by atoms with Gasteiger partial charge in [-0.2, -0.15) is 0 Å². The maximum Gasteiger partial charge on any atom is 0.248 e. The fourth-order valence-electron chi connectivity index (χ4n) is 2.33. The van der Waals surface area contributed by atoms with Gasteiger partial charge in [0.15, 0.2) is 0 Å². The molecule has 130 valence electrons. The van der Waals surface area contributed by atoms with Crippen molar-refractivity contribution in [2.75, 3.05) is 10.6 Å². The molecule has 0 radical (unpaired) electrons. The Balaban J connectivity index is 2.00. The minimum absolute atomic E-state index is 0.110. The highest BCUT2D eigenvalue weighted by Gasteiger charge is 2.12. The van der Waals surface area contributed by atoms with Crippen LogP contribution < -0.4 is 10.6 Å². The third kappa shape index (κ3) is 5.92. The van der Waals surface area contributed by atoms with Crippen LogP contribution >= 0.6 is 0 Å². The van der Waals surface area contributed by atoms with Crippen molar-refractivity contribution in [1.29, 1.82) is 0 Å². The lowest BCUT2D eigenvalue weighted by Gasteiger charge is -2.18. The van der Waals surface area contributed by atoms with E-state index in [0.29, 0.717) is 11.4 Å². The van der Waals surface area contributed by atoms with Crippen LogP contribution in [-0.2, 0) is 15.0 Å². The standard InChI is InChI=1S/C21H24N2O2/c1-15(24)22-18-6-5-7-19(14-18)23-20(25)13-10-16-8-11-17(12-9-16)21(2,3)4/h5-14H,1-4H3,(H,22,24)(H,23,25). The van der Waals surface area contributed by atoms with Crippen LogP contribution in [0.4, 0.5) is 11.4 Å². The predicted molar refractivity (Wildman–Crippen MR) is 104 cm³/mol. The first-order valence-electron chi connectivity index (χ1n) is 8.21. The van der Waals surface area contributed by atoms with Crippen molar-refractivity contribution in [2.45, 2.75) is 33.1 Å². The van der Waals surface area contributed by atoms with Gasteiger partial charge in [-0.3, -0.25) is 9.59 Å². The Morgan fingerprint density at radius 1 is 0.920 bits per heavy atom. The lowest BCUT2D eigenvalue weighted by atomic mass is 9.87. The molecule has 0 aromatic heterocycles. The highest BCUT2D eigenvalue weighted by molar-refractivity contribution is 6.02.